The molecule has 4 nitrogen and oxygen atoms in total. The van der Waals surface area contributed by atoms with Crippen LogP contribution in [-0.4, -0.2) is 15.6 Å². The lowest BCUT2D eigenvalue weighted by atomic mass is 10.2. The molecule has 0 aliphatic rings. The highest BCUT2D eigenvalue weighted by atomic mass is 16.3. The molecular formula is C15H18N2O2. The normalized spacial score (nSPS) is 12.2. The molecule has 1 heterocycles. The van der Waals surface area contributed by atoms with Gasteiger partial charge in [-0.15, -0.1) is 0 Å². The quantitative estimate of drug-likeness (QED) is 0.885. The largest absolute Gasteiger partial charge is 0.387 e. The number of carbonyl (C=O) groups excluding carboxylic acids is 1. The summed E-state index contributed by atoms with van der Waals surface area (Å²) in [5.74, 6) is -0.104. The van der Waals surface area contributed by atoms with Crippen LogP contribution in [0, 0.1) is 6.92 Å². The molecule has 0 spiro atoms. The van der Waals surface area contributed by atoms with Gasteiger partial charge in [0.05, 0.1) is 6.10 Å². The average Bonchev–Trinajstić information content (AvgIpc) is 2.80. The summed E-state index contributed by atoms with van der Waals surface area (Å²) >= 11 is 0. The first kappa shape index (κ1) is 13.4. The molecule has 1 aromatic heterocycles. The van der Waals surface area contributed by atoms with Crippen LogP contribution in [0.5, 0.6) is 0 Å². The minimum absolute atomic E-state index is 0.104. The maximum Gasteiger partial charge on any atom is 0.244 e. The zero-order valence-corrected chi connectivity index (χ0v) is 11.1. The number of anilines is 1. The van der Waals surface area contributed by atoms with Gasteiger partial charge in [0.25, 0.3) is 0 Å². The molecule has 1 aromatic carbocycles. The van der Waals surface area contributed by atoms with Crippen LogP contribution in [0.1, 0.15) is 24.3 Å². The van der Waals surface area contributed by atoms with Gasteiger partial charge in [-0.2, -0.15) is 0 Å². The number of aliphatic hydroxyl groups excluding tert-OH is 1. The maximum atomic E-state index is 12.0. The predicted molar refractivity (Wildman–Crippen MR) is 74.9 cm³/mol. The molecule has 19 heavy (non-hydrogen) atoms. The van der Waals surface area contributed by atoms with E-state index < -0.39 is 6.10 Å². The number of carbonyl (C=O) groups is 1. The predicted octanol–water partition coefficient (Wildman–Crippen LogP) is 2.49. The van der Waals surface area contributed by atoms with Crippen molar-refractivity contribution in [1.29, 1.82) is 0 Å². The second kappa shape index (κ2) is 5.71. The van der Waals surface area contributed by atoms with Crippen LogP contribution in [0.4, 0.5) is 5.69 Å². The van der Waals surface area contributed by atoms with Crippen molar-refractivity contribution in [1.82, 2.24) is 4.57 Å². The zero-order chi connectivity index (χ0) is 13.8. The Kier molecular flexibility index (Phi) is 4.02. The van der Waals surface area contributed by atoms with Gasteiger partial charge in [-0.1, -0.05) is 18.2 Å². The molecule has 1 unspecified atom stereocenters. The fraction of sp³-hybridized carbons (Fsp3) is 0.267. The molecule has 2 N–H and O–H groups in total. The standard InChI is InChI=1S/C15H18N2O2/c1-11-6-3-4-7-13(11)16-15(19)10-17-9-5-8-14(17)12(2)18/h3-9,12,18H,10H2,1-2H3,(H,16,19). The molecule has 0 aliphatic heterocycles. The minimum Gasteiger partial charge on any atom is -0.387 e. The van der Waals surface area contributed by atoms with Gasteiger partial charge in [0.15, 0.2) is 0 Å². The third kappa shape index (κ3) is 3.23. The fourth-order valence-electron chi connectivity index (χ4n) is 2.01. The Balaban J connectivity index is 2.06. The first-order chi connectivity index (χ1) is 9.08. The molecule has 0 radical (unpaired) electrons. The van der Waals surface area contributed by atoms with E-state index in [0.717, 1.165) is 16.9 Å². The first-order valence-corrected chi connectivity index (χ1v) is 6.26. The first-order valence-electron chi connectivity index (χ1n) is 6.26. The van der Waals surface area contributed by atoms with Gasteiger partial charge >= 0.3 is 0 Å². The van der Waals surface area contributed by atoms with Crippen molar-refractivity contribution in [2.45, 2.75) is 26.5 Å². The van der Waals surface area contributed by atoms with Gasteiger partial charge in [0, 0.05) is 17.6 Å². The van der Waals surface area contributed by atoms with Crippen LogP contribution in [0.25, 0.3) is 0 Å². The van der Waals surface area contributed by atoms with Crippen LogP contribution in [0.3, 0.4) is 0 Å². The van der Waals surface area contributed by atoms with Gasteiger partial charge in [-0.3, -0.25) is 4.79 Å². The Labute approximate surface area is 112 Å². The number of nitrogens with one attached hydrogen (secondary N) is 1. The molecule has 0 aliphatic carbocycles. The molecular weight excluding hydrogens is 240 g/mol. The van der Waals surface area contributed by atoms with Gasteiger partial charge < -0.3 is 15.0 Å². The minimum atomic E-state index is -0.582. The Morgan fingerprint density at radius 3 is 2.74 bits per heavy atom. The zero-order valence-electron chi connectivity index (χ0n) is 11.1. The Bertz CT molecular complexity index is 573. The summed E-state index contributed by atoms with van der Waals surface area (Å²) in [6.07, 6.45) is 1.21. The molecule has 1 amide bonds. The van der Waals surface area contributed by atoms with Crippen LogP contribution >= 0.6 is 0 Å². The van der Waals surface area contributed by atoms with E-state index in [1.54, 1.807) is 17.7 Å². The number of aliphatic hydroxyl groups is 1. The summed E-state index contributed by atoms with van der Waals surface area (Å²) in [7, 11) is 0. The molecule has 2 rings (SSSR count). The molecule has 0 saturated heterocycles. The molecule has 4 heteroatoms. The number of rotatable bonds is 4. The highest BCUT2D eigenvalue weighted by molar-refractivity contribution is 5.91. The van der Waals surface area contributed by atoms with Crippen molar-refractivity contribution < 1.29 is 9.90 Å². The summed E-state index contributed by atoms with van der Waals surface area (Å²) in [6, 6.07) is 11.3. The number of benzene rings is 1. The summed E-state index contributed by atoms with van der Waals surface area (Å²) in [6.45, 7) is 3.83. The monoisotopic (exact) mass is 258 g/mol. The molecule has 100 valence electrons. The molecule has 0 fully saturated rings. The average molecular weight is 258 g/mol. The van der Waals surface area contributed by atoms with E-state index in [1.165, 1.54) is 0 Å². The topological polar surface area (TPSA) is 54.3 Å². The SMILES string of the molecule is Cc1ccccc1NC(=O)Cn1cccc1C(C)O. The van der Waals surface area contributed by atoms with E-state index in [2.05, 4.69) is 5.32 Å². The van der Waals surface area contributed by atoms with Crippen LogP contribution in [-0.2, 0) is 11.3 Å². The molecule has 0 bridgehead atoms. The third-order valence-corrected chi connectivity index (χ3v) is 3.03. The van der Waals surface area contributed by atoms with Gasteiger partial charge in [0.1, 0.15) is 6.54 Å². The van der Waals surface area contributed by atoms with E-state index in [-0.39, 0.29) is 12.5 Å². The van der Waals surface area contributed by atoms with Gasteiger partial charge in [0.2, 0.25) is 5.91 Å². The van der Waals surface area contributed by atoms with Crippen molar-refractivity contribution in [3.05, 3.63) is 53.9 Å². The van der Waals surface area contributed by atoms with Crippen LogP contribution in [0.2, 0.25) is 0 Å². The van der Waals surface area contributed by atoms with Gasteiger partial charge in [-0.25, -0.2) is 0 Å². The smallest absolute Gasteiger partial charge is 0.244 e. The van der Waals surface area contributed by atoms with Crippen molar-refractivity contribution in [3.8, 4) is 0 Å². The lowest BCUT2D eigenvalue weighted by molar-refractivity contribution is -0.116. The number of para-hydroxylation sites is 1. The summed E-state index contributed by atoms with van der Waals surface area (Å²) in [5, 5.41) is 12.5. The number of aromatic nitrogens is 1. The van der Waals surface area contributed by atoms with E-state index in [4.69, 9.17) is 0 Å². The number of nitrogens with zero attached hydrogens (tertiary/aromatic N) is 1. The lowest BCUT2D eigenvalue weighted by Gasteiger charge is -2.12. The maximum absolute atomic E-state index is 12.0. The third-order valence-electron chi connectivity index (χ3n) is 3.03. The van der Waals surface area contributed by atoms with E-state index >= 15 is 0 Å². The second-order valence-corrected chi connectivity index (χ2v) is 4.60. The molecule has 1 atom stereocenters. The molecule has 2 aromatic rings. The number of aryl methyl sites for hydroxylation is 1. The van der Waals surface area contributed by atoms with Crippen molar-refractivity contribution in [2.75, 3.05) is 5.32 Å². The van der Waals surface area contributed by atoms with Crippen molar-refractivity contribution in [3.63, 3.8) is 0 Å². The Morgan fingerprint density at radius 1 is 1.32 bits per heavy atom. The Hall–Kier alpha value is -2.07. The number of amides is 1. The van der Waals surface area contributed by atoms with Crippen LogP contribution in [0.15, 0.2) is 42.6 Å². The fourth-order valence-corrected chi connectivity index (χ4v) is 2.01. The highest BCUT2D eigenvalue weighted by Gasteiger charge is 2.10. The number of hydrogen-bond donors (Lipinski definition) is 2. The molecule has 0 saturated carbocycles. The van der Waals surface area contributed by atoms with Crippen LogP contribution < -0.4 is 5.32 Å². The van der Waals surface area contributed by atoms with E-state index in [0.29, 0.717) is 0 Å². The second-order valence-electron chi connectivity index (χ2n) is 4.60. The van der Waals surface area contributed by atoms with Crippen molar-refractivity contribution >= 4 is 11.6 Å². The van der Waals surface area contributed by atoms with Crippen molar-refractivity contribution in [2.24, 2.45) is 0 Å². The Morgan fingerprint density at radius 2 is 2.05 bits per heavy atom. The summed E-state index contributed by atoms with van der Waals surface area (Å²) in [5.41, 5.74) is 2.58. The lowest BCUT2D eigenvalue weighted by Crippen LogP contribution is -2.20. The highest BCUT2D eigenvalue weighted by Crippen LogP contribution is 2.15. The van der Waals surface area contributed by atoms with Gasteiger partial charge in [-0.05, 0) is 37.6 Å². The van der Waals surface area contributed by atoms with E-state index in [9.17, 15) is 9.90 Å². The van der Waals surface area contributed by atoms with E-state index in [1.807, 2.05) is 43.3 Å². The number of hydrogen-bond acceptors (Lipinski definition) is 2. The summed E-state index contributed by atoms with van der Waals surface area (Å²) in [4.78, 5) is 12.0. The summed E-state index contributed by atoms with van der Waals surface area (Å²) < 4.78 is 1.75.